The number of benzene rings is 2. The van der Waals surface area contributed by atoms with Crippen LogP contribution in [0.3, 0.4) is 0 Å². The lowest BCUT2D eigenvalue weighted by atomic mass is 10.1. The van der Waals surface area contributed by atoms with E-state index in [2.05, 4.69) is 37.2 Å². The van der Waals surface area contributed by atoms with E-state index in [9.17, 15) is 25.5 Å². The second kappa shape index (κ2) is 8.11. The van der Waals surface area contributed by atoms with Crippen LogP contribution in [-0.2, 0) is 13.0 Å². The maximum absolute atomic E-state index is 9.68. The van der Waals surface area contributed by atoms with E-state index in [0.29, 0.717) is 32.3 Å². The number of phenols is 5. The molecule has 9 heteroatoms. The van der Waals surface area contributed by atoms with Crippen LogP contribution in [0.25, 0.3) is 0 Å². The van der Waals surface area contributed by atoms with Crippen LogP contribution in [0.5, 0.6) is 28.7 Å². The van der Waals surface area contributed by atoms with Gasteiger partial charge in [-0.05, 0) is 67.6 Å². The van der Waals surface area contributed by atoms with Gasteiger partial charge < -0.3 is 30.8 Å². The van der Waals surface area contributed by atoms with Crippen molar-refractivity contribution in [2.45, 2.75) is 19.4 Å². The lowest BCUT2D eigenvalue weighted by molar-refractivity contribution is 0.367. The van der Waals surface area contributed by atoms with Crippen molar-refractivity contribution in [1.82, 2.24) is 5.32 Å². The Kier molecular flexibility index (Phi) is 6.36. The molecule has 134 valence electrons. The normalized spacial score (nSPS) is 10.6. The Labute approximate surface area is 166 Å². The highest BCUT2D eigenvalue weighted by atomic mass is 79.9. The van der Waals surface area contributed by atoms with Crippen molar-refractivity contribution in [2.24, 2.45) is 0 Å². The minimum absolute atomic E-state index is 0.223. The SMILES string of the molecule is Oc1cc(CNC(=S)CCc2cc(O)c(O)c(Br)c2Br)cc(O)c1O. The van der Waals surface area contributed by atoms with Crippen LogP contribution in [0.1, 0.15) is 17.5 Å². The van der Waals surface area contributed by atoms with Crippen molar-refractivity contribution in [2.75, 3.05) is 0 Å². The third-order valence-corrected chi connectivity index (χ3v) is 6.04. The molecule has 0 fully saturated rings. The van der Waals surface area contributed by atoms with Crippen molar-refractivity contribution in [3.8, 4) is 28.7 Å². The van der Waals surface area contributed by atoms with E-state index in [-0.39, 0.29) is 18.0 Å². The van der Waals surface area contributed by atoms with Gasteiger partial charge in [-0.25, -0.2) is 0 Å². The van der Waals surface area contributed by atoms with Crippen molar-refractivity contribution in [3.05, 3.63) is 38.3 Å². The molecule has 0 saturated carbocycles. The molecule has 0 aromatic heterocycles. The van der Waals surface area contributed by atoms with Gasteiger partial charge in [0.05, 0.1) is 9.46 Å². The quantitative estimate of drug-likeness (QED) is 0.278. The molecule has 6 N–H and O–H groups in total. The summed E-state index contributed by atoms with van der Waals surface area (Å²) < 4.78 is 1.01. The highest BCUT2D eigenvalue weighted by Gasteiger charge is 2.14. The summed E-state index contributed by atoms with van der Waals surface area (Å²) in [6.45, 7) is 0.270. The van der Waals surface area contributed by atoms with E-state index in [1.165, 1.54) is 18.2 Å². The monoisotopic (exact) mass is 491 g/mol. The third-order valence-electron chi connectivity index (χ3n) is 3.48. The predicted molar refractivity (Wildman–Crippen MR) is 104 cm³/mol. The first kappa shape index (κ1) is 19.6. The average molecular weight is 493 g/mol. The van der Waals surface area contributed by atoms with Gasteiger partial charge in [0, 0.05) is 17.4 Å². The number of nitrogens with one attached hydrogen (secondary N) is 1. The first-order valence-electron chi connectivity index (χ1n) is 7.10. The molecule has 0 unspecified atom stereocenters. The Morgan fingerprint density at radius 1 is 0.880 bits per heavy atom. The largest absolute Gasteiger partial charge is 0.504 e. The van der Waals surface area contributed by atoms with E-state index in [1.54, 1.807) is 0 Å². The number of hydrogen-bond acceptors (Lipinski definition) is 6. The van der Waals surface area contributed by atoms with E-state index in [0.717, 1.165) is 5.56 Å². The summed E-state index contributed by atoms with van der Waals surface area (Å²) in [5, 5.41) is 50.6. The van der Waals surface area contributed by atoms with Crippen molar-refractivity contribution in [3.63, 3.8) is 0 Å². The minimum Gasteiger partial charge on any atom is -0.504 e. The molecule has 0 saturated heterocycles. The Morgan fingerprint density at radius 2 is 1.44 bits per heavy atom. The molecule has 6 nitrogen and oxygen atoms in total. The summed E-state index contributed by atoms with van der Waals surface area (Å²) in [7, 11) is 0. The third kappa shape index (κ3) is 4.68. The van der Waals surface area contributed by atoms with Crippen LogP contribution in [0.15, 0.2) is 27.1 Å². The topological polar surface area (TPSA) is 113 Å². The van der Waals surface area contributed by atoms with Gasteiger partial charge in [0.25, 0.3) is 0 Å². The lowest BCUT2D eigenvalue weighted by Crippen LogP contribution is -2.21. The Hall–Kier alpha value is -1.71. The fourth-order valence-corrected chi connectivity index (χ4v) is 3.27. The van der Waals surface area contributed by atoms with E-state index in [4.69, 9.17) is 12.2 Å². The average Bonchev–Trinajstić information content (AvgIpc) is 2.57. The summed E-state index contributed by atoms with van der Waals surface area (Å²) in [6, 6.07) is 4.12. The lowest BCUT2D eigenvalue weighted by Gasteiger charge is -2.12. The van der Waals surface area contributed by atoms with Gasteiger partial charge in [-0.1, -0.05) is 12.2 Å². The molecule has 0 aliphatic heterocycles. The Bertz CT molecular complexity index is 806. The predicted octanol–water partition coefficient (Wildman–Crippen LogP) is 3.79. The number of phenolic OH excluding ortho intramolecular Hbond substituents is 5. The first-order valence-corrected chi connectivity index (χ1v) is 9.09. The van der Waals surface area contributed by atoms with Crippen molar-refractivity contribution < 1.29 is 25.5 Å². The molecule has 25 heavy (non-hydrogen) atoms. The molecular weight excluding hydrogens is 478 g/mol. The summed E-state index contributed by atoms with van der Waals surface area (Å²) >= 11 is 11.8. The van der Waals surface area contributed by atoms with Gasteiger partial charge >= 0.3 is 0 Å². The smallest absolute Gasteiger partial charge is 0.200 e. The van der Waals surface area contributed by atoms with E-state index >= 15 is 0 Å². The van der Waals surface area contributed by atoms with Crippen LogP contribution < -0.4 is 5.32 Å². The zero-order valence-electron chi connectivity index (χ0n) is 12.8. The zero-order valence-corrected chi connectivity index (χ0v) is 16.7. The molecule has 2 aromatic rings. The Balaban J connectivity index is 1.96. The maximum Gasteiger partial charge on any atom is 0.200 e. The number of hydrogen-bond donors (Lipinski definition) is 6. The second-order valence-electron chi connectivity index (χ2n) is 5.29. The minimum atomic E-state index is -0.561. The van der Waals surface area contributed by atoms with E-state index in [1.807, 2.05) is 0 Å². The fourth-order valence-electron chi connectivity index (χ4n) is 2.14. The number of rotatable bonds is 5. The van der Waals surface area contributed by atoms with Gasteiger partial charge in [-0.2, -0.15) is 0 Å². The molecule has 2 aromatic carbocycles. The molecule has 0 aliphatic rings. The maximum atomic E-state index is 9.68. The molecular formula is C16H15Br2NO5S. The standard InChI is InChI=1S/C16H15Br2NO5S/c17-13-8(5-11(22)16(24)14(13)18)1-2-12(25)19-6-7-3-9(20)15(23)10(21)4-7/h3-5,20-24H,1-2,6H2,(H,19,25). The summed E-state index contributed by atoms with van der Waals surface area (Å²) in [5.74, 6) is -1.83. The molecule has 2 rings (SSSR count). The highest BCUT2D eigenvalue weighted by molar-refractivity contribution is 9.13. The number of aryl methyl sites for hydroxylation is 1. The second-order valence-corrected chi connectivity index (χ2v) is 7.37. The van der Waals surface area contributed by atoms with Crippen LogP contribution in [0.4, 0.5) is 0 Å². The van der Waals surface area contributed by atoms with Gasteiger partial charge in [-0.15, -0.1) is 0 Å². The highest BCUT2D eigenvalue weighted by Crippen LogP contribution is 2.41. The van der Waals surface area contributed by atoms with Crippen LogP contribution >= 0.6 is 44.1 Å². The van der Waals surface area contributed by atoms with Crippen LogP contribution in [0.2, 0.25) is 0 Å². The molecule has 0 heterocycles. The van der Waals surface area contributed by atoms with Crippen molar-refractivity contribution >= 4 is 49.1 Å². The van der Waals surface area contributed by atoms with Gasteiger partial charge in [-0.3, -0.25) is 0 Å². The van der Waals surface area contributed by atoms with E-state index < -0.39 is 17.2 Å². The van der Waals surface area contributed by atoms with Gasteiger partial charge in [0.15, 0.2) is 28.7 Å². The van der Waals surface area contributed by atoms with Crippen molar-refractivity contribution in [1.29, 1.82) is 0 Å². The summed E-state index contributed by atoms with van der Waals surface area (Å²) in [4.78, 5) is 0.544. The Morgan fingerprint density at radius 3 is 2.04 bits per heavy atom. The van der Waals surface area contributed by atoms with Crippen LogP contribution in [0, 0.1) is 0 Å². The zero-order chi connectivity index (χ0) is 18.7. The molecule has 0 spiro atoms. The van der Waals surface area contributed by atoms with Gasteiger partial charge in [0.1, 0.15) is 0 Å². The summed E-state index contributed by atoms with van der Waals surface area (Å²) in [5.41, 5.74) is 1.33. The molecule has 0 atom stereocenters. The summed E-state index contributed by atoms with van der Waals surface area (Å²) in [6.07, 6.45) is 1.01. The van der Waals surface area contributed by atoms with Crippen LogP contribution in [-0.4, -0.2) is 30.5 Å². The number of halogens is 2. The number of thiocarbonyl (C=S) groups is 1. The molecule has 0 aliphatic carbocycles. The fraction of sp³-hybridized carbons (Fsp3) is 0.188. The number of aromatic hydroxyl groups is 5. The first-order chi connectivity index (χ1) is 11.7. The molecule has 0 amide bonds. The van der Waals surface area contributed by atoms with Gasteiger partial charge in [0.2, 0.25) is 0 Å². The molecule has 0 bridgehead atoms. The molecule has 0 radical (unpaired) electrons.